The summed E-state index contributed by atoms with van der Waals surface area (Å²) >= 11 is 0. The van der Waals surface area contributed by atoms with Gasteiger partial charge in [-0.25, -0.2) is 0 Å². The third kappa shape index (κ3) is 2.30. The Morgan fingerprint density at radius 1 is 1.47 bits per heavy atom. The van der Waals surface area contributed by atoms with Gasteiger partial charge in [0.15, 0.2) is 0 Å². The van der Waals surface area contributed by atoms with Gasteiger partial charge in [0, 0.05) is 24.0 Å². The van der Waals surface area contributed by atoms with Crippen LogP contribution in [0, 0.1) is 11.3 Å². The quantitative estimate of drug-likeness (QED) is 0.783. The van der Waals surface area contributed by atoms with Crippen LogP contribution in [0.3, 0.4) is 0 Å². The minimum absolute atomic E-state index is 0. The van der Waals surface area contributed by atoms with Gasteiger partial charge in [0.1, 0.15) is 0 Å². The van der Waals surface area contributed by atoms with E-state index in [-0.39, 0.29) is 29.8 Å². The largest absolute Gasteiger partial charge is 0.377 e. The molecule has 3 unspecified atom stereocenters. The van der Waals surface area contributed by atoms with E-state index in [1.54, 1.807) is 13.8 Å². The highest BCUT2D eigenvalue weighted by Gasteiger charge is 2.60. The van der Waals surface area contributed by atoms with Crippen LogP contribution in [0.1, 0.15) is 34.1 Å². The molecule has 1 saturated heterocycles. The number of hydrogen-bond donors (Lipinski definition) is 2. The fourth-order valence-electron chi connectivity index (χ4n) is 2.94. The van der Waals surface area contributed by atoms with Gasteiger partial charge in [-0.05, 0) is 20.3 Å². The molecule has 0 aromatic heterocycles. The summed E-state index contributed by atoms with van der Waals surface area (Å²) in [7, 11) is 0. The third-order valence-electron chi connectivity index (χ3n) is 3.97. The molecule has 1 aliphatic carbocycles. The van der Waals surface area contributed by atoms with Crippen molar-refractivity contribution >= 4 is 18.3 Å². The molecule has 0 radical (unpaired) electrons. The van der Waals surface area contributed by atoms with Gasteiger partial charge >= 0.3 is 0 Å². The number of amides is 1. The third-order valence-corrected chi connectivity index (χ3v) is 3.97. The summed E-state index contributed by atoms with van der Waals surface area (Å²) in [6.45, 7) is 8.58. The average Bonchev–Trinajstić information content (AvgIpc) is 2.58. The molecule has 1 heterocycles. The van der Waals surface area contributed by atoms with Crippen LogP contribution in [0.25, 0.3) is 0 Å². The molecule has 2 fully saturated rings. The van der Waals surface area contributed by atoms with E-state index < -0.39 is 5.54 Å². The standard InChI is InChI=1S/C12H22N2O2.ClH/c1-11(2)8(7-5-6-16-9(7)11)14-10(15)12(3,4)13;/h7-9H,5-6,13H2,1-4H3,(H,14,15);1H. The Labute approximate surface area is 109 Å². The van der Waals surface area contributed by atoms with Crippen molar-refractivity contribution in [3.05, 3.63) is 0 Å². The van der Waals surface area contributed by atoms with Crippen LogP contribution in [-0.2, 0) is 9.53 Å². The normalized spacial score (nSPS) is 34.3. The van der Waals surface area contributed by atoms with E-state index in [0.717, 1.165) is 13.0 Å². The molecule has 4 nitrogen and oxygen atoms in total. The van der Waals surface area contributed by atoms with Crippen molar-refractivity contribution in [2.45, 2.75) is 51.8 Å². The van der Waals surface area contributed by atoms with Crippen LogP contribution in [-0.4, -0.2) is 30.2 Å². The first kappa shape index (κ1) is 14.7. The lowest BCUT2D eigenvalue weighted by Gasteiger charge is -2.55. The number of fused-ring (bicyclic) bond motifs is 1. The number of carbonyl (C=O) groups excluding carboxylic acids is 1. The second-order valence-electron chi connectivity index (χ2n) is 6.24. The van der Waals surface area contributed by atoms with E-state index in [4.69, 9.17) is 10.5 Å². The molecule has 2 rings (SSSR count). The fourth-order valence-corrected chi connectivity index (χ4v) is 2.94. The summed E-state index contributed by atoms with van der Waals surface area (Å²) in [6.07, 6.45) is 1.35. The molecule has 5 heteroatoms. The van der Waals surface area contributed by atoms with Crippen LogP contribution < -0.4 is 11.1 Å². The zero-order valence-electron chi connectivity index (χ0n) is 10.9. The number of halogens is 1. The van der Waals surface area contributed by atoms with E-state index in [0.29, 0.717) is 12.0 Å². The van der Waals surface area contributed by atoms with Crippen LogP contribution >= 0.6 is 12.4 Å². The number of rotatable bonds is 2. The van der Waals surface area contributed by atoms with Gasteiger partial charge in [-0.2, -0.15) is 0 Å². The minimum Gasteiger partial charge on any atom is -0.377 e. The molecule has 17 heavy (non-hydrogen) atoms. The predicted octanol–water partition coefficient (Wildman–Crippen LogP) is 1.08. The molecule has 0 aromatic carbocycles. The molecule has 0 aromatic rings. The predicted molar refractivity (Wildman–Crippen MR) is 69.1 cm³/mol. The Kier molecular flexibility index (Phi) is 3.82. The molecule has 0 spiro atoms. The van der Waals surface area contributed by atoms with Gasteiger partial charge in [-0.15, -0.1) is 12.4 Å². The second-order valence-corrected chi connectivity index (χ2v) is 6.24. The van der Waals surface area contributed by atoms with Gasteiger partial charge in [-0.3, -0.25) is 4.79 Å². The number of nitrogens with one attached hydrogen (secondary N) is 1. The number of carbonyl (C=O) groups is 1. The Morgan fingerprint density at radius 3 is 2.59 bits per heavy atom. The van der Waals surface area contributed by atoms with Crippen LogP contribution in [0.4, 0.5) is 0 Å². The molecule has 100 valence electrons. The maximum absolute atomic E-state index is 11.9. The Morgan fingerprint density at radius 2 is 2.06 bits per heavy atom. The highest BCUT2D eigenvalue weighted by molar-refractivity contribution is 5.85. The lowest BCUT2D eigenvalue weighted by atomic mass is 9.57. The smallest absolute Gasteiger partial charge is 0.239 e. The van der Waals surface area contributed by atoms with E-state index >= 15 is 0 Å². The van der Waals surface area contributed by atoms with E-state index in [9.17, 15) is 4.79 Å². The van der Waals surface area contributed by atoms with Crippen molar-refractivity contribution in [1.82, 2.24) is 5.32 Å². The molecule has 0 bridgehead atoms. The molecule has 1 aliphatic heterocycles. The van der Waals surface area contributed by atoms with Crippen LogP contribution in [0.15, 0.2) is 0 Å². The van der Waals surface area contributed by atoms with E-state index in [1.807, 2.05) is 0 Å². The molecule has 2 aliphatic rings. The lowest BCUT2D eigenvalue weighted by Crippen LogP contribution is -2.69. The summed E-state index contributed by atoms with van der Waals surface area (Å²) in [5, 5.41) is 3.07. The topological polar surface area (TPSA) is 64.4 Å². The lowest BCUT2D eigenvalue weighted by molar-refractivity contribution is -0.141. The maximum atomic E-state index is 11.9. The zero-order valence-corrected chi connectivity index (χ0v) is 11.8. The highest BCUT2D eigenvalue weighted by Crippen LogP contribution is 2.52. The second kappa shape index (κ2) is 4.41. The van der Waals surface area contributed by atoms with Crippen molar-refractivity contribution < 1.29 is 9.53 Å². The Bertz CT molecular complexity index is 312. The molecular formula is C12H23ClN2O2. The van der Waals surface area contributed by atoms with Crippen LogP contribution in [0.5, 0.6) is 0 Å². The zero-order chi connectivity index (χ0) is 12.1. The van der Waals surface area contributed by atoms with Gasteiger partial charge in [0.05, 0.1) is 11.6 Å². The van der Waals surface area contributed by atoms with Crippen molar-refractivity contribution in [3.8, 4) is 0 Å². The maximum Gasteiger partial charge on any atom is 0.239 e. The summed E-state index contributed by atoms with van der Waals surface area (Å²) in [6, 6.07) is 0.204. The van der Waals surface area contributed by atoms with Crippen molar-refractivity contribution in [3.63, 3.8) is 0 Å². The molecular weight excluding hydrogens is 240 g/mol. The Hall–Kier alpha value is -0.320. The monoisotopic (exact) mass is 262 g/mol. The first-order valence-corrected chi connectivity index (χ1v) is 5.96. The van der Waals surface area contributed by atoms with E-state index in [1.165, 1.54) is 0 Å². The minimum atomic E-state index is -0.805. The SMILES string of the molecule is CC(C)(N)C(=O)NC1C2CCOC2C1(C)C.Cl. The molecule has 1 amide bonds. The average molecular weight is 263 g/mol. The van der Waals surface area contributed by atoms with Gasteiger partial charge in [0.25, 0.3) is 0 Å². The van der Waals surface area contributed by atoms with Crippen molar-refractivity contribution in [2.75, 3.05) is 6.61 Å². The van der Waals surface area contributed by atoms with Crippen molar-refractivity contribution in [1.29, 1.82) is 0 Å². The Balaban J connectivity index is 0.00000144. The summed E-state index contributed by atoms with van der Waals surface area (Å²) < 4.78 is 5.68. The summed E-state index contributed by atoms with van der Waals surface area (Å²) in [4.78, 5) is 11.9. The fraction of sp³-hybridized carbons (Fsp3) is 0.917. The van der Waals surface area contributed by atoms with Gasteiger partial charge in [0.2, 0.25) is 5.91 Å². The van der Waals surface area contributed by atoms with Crippen molar-refractivity contribution in [2.24, 2.45) is 17.1 Å². The van der Waals surface area contributed by atoms with E-state index in [2.05, 4.69) is 19.2 Å². The number of hydrogen-bond acceptors (Lipinski definition) is 3. The number of nitrogens with two attached hydrogens (primary N) is 1. The highest BCUT2D eigenvalue weighted by atomic mass is 35.5. The molecule has 3 atom stereocenters. The molecule has 1 saturated carbocycles. The van der Waals surface area contributed by atoms with Crippen LogP contribution in [0.2, 0.25) is 0 Å². The summed E-state index contributed by atoms with van der Waals surface area (Å²) in [5.41, 5.74) is 5.01. The van der Waals surface area contributed by atoms with Gasteiger partial charge in [-0.1, -0.05) is 13.8 Å². The van der Waals surface area contributed by atoms with Gasteiger partial charge < -0.3 is 15.8 Å². The first-order valence-electron chi connectivity index (χ1n) is 5.96. The first-order chi connectivity index (χ1) is 7.24. The summed E-state index contributed by atoms with van der Waals surface area (Å²) in [5.74, 6) is 0.400. The number of ether oxygens (including phenoxy) is 1. The molecule has 3 N–H and O–H groups in total.